The van der Waals surface area contributed by atoms with E-state index in [9.17, 15) is 29.0 Å². The molecule has 2 saturated heterocycles. The topological polar surface area (TPSA) is 184 Å². The first-order valence-electron chi connectivity index (χ1n) is 14.1. The van der Waals surface area contributed by atoms with E-state index in [1.54, 1.807) is 6.08 Å². The van der Waals surface area contributed by atoms with Crippen LogP contribution in [0.25, 0.3) is 0 Å². The maximum atomic E-state index is 14.0. The number of hydrogen-bond donors (Lipinski definition) is 5. The average Bonchev–Trinajstić information content (AvgIpc) is 2.93. The number of urea groups is 1. The number of allylic oxidation sites excluding steroid dienone is 1. The highest BCUT2D eigenvalue weighted by molar-refractivity contribution is 5.85. The van der Waals surface area contributed by atoms with E-state index in [0.29, 0.717) is 0 Å². The molecular weight excluding hydrogens is 559 g/mol. The van der Waals surface area contributed by atoms with Crippen LogP contribution in [0.15, 0.2) is 48.7 Å². The molecule has 2 fully saturated rings. The largest absolute Gasteiger partial charge is 0.481 e. The first kappa shape index (κ1) is 31.7. The fraction of sp³-hybridized carbons (Fsp3) is 0.467. The van der Waals surface area contributed by atoms with Gasteiger partial charge in [-0.3, -0.25) is 19.5 Å². The standard InChI is InChI=1S/C20H19FN2O5.C10H20N4O/c1-19(17(24)25)6-2-7-20(11-19,18(26)27)16-10-13(5-8-23-16)28-15-4-3-12(22)9-14(15)21;1-13-6-9(7-13)14-4-2-8(3-5-14)12-10(11)15/h2-6,8-10H,7,11,22H2,1H3,(H,24,25)(H,26,27);8-9H,2-7H2,1H3,(H3,11,12,15). The van der Waals surface area contributed by atoms with Gasteiger partial charge in [0.1, 0.15) is 11.2 Å². The number of amides is 2. The number of piperidine rings is 1. The number of likely N-dealkylation sites (tertiary alicyclic amines) is 2. The maximum Gasteiger partial charge on any atom is 0.316 e. The second-order valence-corrected chi connectivity index (χ2v) is 11.8. The van der Waals surface area contributed by atoms with E-state index in [1.807, 2.05) is 0 Å². The smallest absolute Gasteiger partial charge is 0.316 e. The van der Waals surface area contributed by atoms with Gasteiger partial charge in [0.2, 0.25) is 0 Å². The normalized spacial score (nSPS) is 24.7. The number of benzene rings is 1. The highest BCUT2D eigenvalue weighted by Gasteiger charge is 2.50. The molecule has 12 nitrogen and oxygen atoms in total. The third-order valence-corrected chi connectivity index (χ3v) is 8.36. The molecule has 1 aromatic heterocycles. The van der Waals surface area contributed by atoms with E-state index in [1.165, 1.54) is 56.6 Å². The number of carboxylic acids is 2. The molecule has 0 bridgehead atoms. The minimum absolute atomic E-state index is 0.0744. The van der Waals surface area contributed by atoms with Crippen LogP contribution in [0.4, 0.5) is 14.9 Å². The predicted octanol–water partition coefficient (Wildman–Crippen LogP) is 2.79. The summed E-state index contributed by atoms with van der Waals surface area (Å²) < 4.78 is 19.5. The van der Waals surface area contributed by atoms with Crippen molar-refractivity contribution in [3.8, 4) is 11.5 Å². The Hall–Kier alpha value is -4.23. The lowest BCUT2D eigenvalue weighted by molar-refractivity contribution is -0.151. The first-order chi connectivity index (χ1) is 20.3. The van der Waals surface area contributed by atoms with Gasteiger partial charge >= 0.3 is 18.0 Å². The Balaban J connectivity index is 0.000000237. The Morgan fingerprint density at radius 3 is 2.40 bits per heavy atom. The SMILES string of the molecule is CC1(C(=O)O)C=CCC(C(=O)O)(c2cc(Oc3ccc(N)cc3F)ccn2)C1.CN1CC(N2CCC(NC(N)=O)CC2)C1. The number of anilines is 1. The van der Waals surface area contributed by atoms with Crippen LogP contribution >= 0.6 is 0 Å². The summed E-state index contributed by atoms with van der Waals surface area (Å²) in [6, 6.07) is 7.44. The lowest BCUT2D eigenvalue weighted by Crippen LogP contribution is -2.60. The second kappa shape index (κ2) is 13.0. The van der Waals surface area contributed by atoms with Crippen molar-refractivity contribution in [2.45, 2.75) is 50.1 Å². The molecule has 43 heavy (non-hydrogen) atoms. The number of ether oxygens (including phenoxy) is 1. The summed E-state index contributed by atoms with van der Waals surface area (Å²) in [5.41, 5.74) is 8.12. The van der Waals surface area contributed by atoms with Gasteiger partial charge in [0.15, 0.2) is 11.6 Å². The van der Waals surface area contributed by atoms with Gasteiger partial charge in [0.05, 0.1) is 11.1 Å². The van der Waals surface area contributed by atoms with Gasteiger partial charge in [-0.25, -0.2) is 9.18 Å². The molecule has 2 amide bonds. The summed E-state index contributed by atoms with van der Waals surface area (Å²) in [5, 5.41) is 22.2. The predicted molar refractivity (Wildman–Crippen MR) is 157 cm³/mol. The monoisotopic (exact) mass is 598 g/mol. The van der Waals surface area contributed by atoms with Crippen LogP contribution in [0.2, 0.25) is 0 Å². The van der Waals surface area contributed by atoms with Crippen molar-refractivity contribution in [2.24, 2.45) is 11.1 Å². The number of nitrogens with zero attached hydrogens (tertiary/aromatic N) is 3. The van der Waals surface area contributed by atoms with Crippen LogP contribution in [0, 0.1) is 11.2 Å². The van der Waals surface area contributed by atoms with Crippen molar-refractivity contribution in [1.82, 2.24) is 20.1 Å². The molecule has 1 aromatic carbocycles. The fourth-order valence-electron chi connectivity index (χ4n) is 5.86. The molecule has 3 heterocycles. The number of rotatable bonds is 7. The quantitative estimate of drug-likeness (QED) is 0.235. The van der Waals surface area contributed by atoms with Crippen molar-refractivity contribution >= 4 is 23.7 Å². The Bertz CT molecular complexity index is 1380. The highest BCUT2D eigenvalue weighted by Crippen LogP contribution is 2.45. The number of aliphatic carboxylic acids is 2. The number of carbonyl (C=O) groups excluding carboxylic acids is 1. The number of pyridine rings is 1. The second-order valence-electron chi connectivity index (χ2n) is 11.8. The zero-order valence-corrected chi connectivity index (χ0v) is 24.3. The molecular formula is C30H39FN6O6. The van der Waals surface area contributed by atoms with Crippen LogP contribution in [0.3, 0.4) is 0 Å². The Kier molecular flexibility index (Phi) is 9.55. The van der Waals surface area contributed by atoms with Crippen LogP contribution in [-0.2, 0) is 15.0 Å². The summed E-state index contributed by atoms with van der Waals surface area (Å²) in [6.07, 6.45) is 6.36. The van der Waals surface area contributed by atoms with Gasteiger partial charge in [0, 0.05) is 62.3 Å². The molecule has 0 spiro atoms. The molecule has 1 aliphatic carbocycles. The minimum Gasteiger partial charge on any atom is -0.481 e. The van der Waals surface area contributed by atoms with Gasteiger partial charge in [-0.1, -0.05) is 12.2 Å². The summed E-state index contributed by atoms with van der Waals surface area (Å²) in [7, 11) is 2.15. The Morgan fingerprint density at radius 2 is 1.81 bits per heavy atom. The third kappa shape index (κ3) is 7.41. The van der Waals surface area contributed by atoms with E-state index in [4.69, 9.17) is 16.2 Å². The third-order valence-electron chi connectivity index (χ3n) is 8.36. The highest BCUT2D eigenvalue weighted by atomic mass is 19.1. The number of hydrogen-bond acceptors (Lipinski definition) is 8. The number of carboxylic acid groups (broad SMARTS) is 2. The van der Waals surface area contributed by atoms with Gasteiger partial charge < -0.3 is 36.6 Å². The zero-order chi connectivity index (χ0) is 31.4. The summed E-state index contributed by atoms with van der Waals surface area (Å²) >= 11 is 0. The summed E-state index contributed by atoms with van der Waals surface area (Å²) in [4.78, 5) is 43.5. The van der Waals surface area contributed by atoms with Crippen LogP contribution < -0.4 is 21.5 Å². The van der Waals surface area contributed by atoms with E-state index in [-0.39, 0.29) is 41.8 Å². The van der Waals surface area contributed by atoms with Crippen LogP contribution in [0.1, 0.15) is 38.3 Å². The molecule has 3 aliphatic rings. The van der Waals surface area contributed by atoms with Gasteiger partial charge in [-0.15, -0.1) is 0 Å². The van der Waals surface area contributed by atoms with Gasteiger partial charge in [-0.05, 0) is 57.9 Å². The summed E-state index contributed by atoms with van der Waals surface area (Å²) in [5.74, 6) is -2.86. The number of nitrogens with two attached hydrogens (primary N) is 2. The lowest BCUT2D eigenvalue weighted by Gasteiger charge is -2.46. The maximum absolute atomic E-state index is 14.0. The number of likely N-dealkylation sites (N-methyl/N-ethyl adjacent to an activating group) is 1. The molecule has 2 aliphatic heterocycles. The Morgan fingerprint density at radius 1 is 1.12 bits per heavy atom. The number of primary amides is 1. The molecule has 0 radical (unpaired) electrons. The van der Waals surface area contributed by atoms with Crippen molar-refractivity contribution in [3.05, 3.63) is 60.2 Å². The number of aromatic nitrogens is 1. The molecule has 5 rings (SSSR count). The van der Waals surface area contributed by atoms with Crippen molar-refractivity contribution in [3.63, 3.8) is 0 Å². The number of carbonyl (C=O) groups is 3. The molecule has 0 saturated carbocycles. The molecule has 13 heteroatoms. The average molecular weight is 599 g/mol. The van der Waals surface area contributed by atoms with Gasteiger partial charge in [0.25, 0.3) is 0 Å². The van der Waals surface area contributed by atoms with Crippen molar-refractivity contribution in [1.29, 1.82) is 0 Å². The van der Waals surface area contributed by atoms with Crippen LogP contribution in [-0.4, -0.2) is 88.3 Å². The fourth-order valence-corrected chi connectivity index (χ4v) is 5.86. The van der Waals surface area contributed by atoms with Gasteiger partial charge in [-0.2, -0.15) is 0 Å². The van der Waals surface area contributed by atoms with E-state index < -0.39 is 34.6 Å². The van der Waals surface area contributed by atoms with Crippen molar-refractivity contribution in [2.75, 3.05) is 39.0 Å². The molecule has 2 unspecified atom stereocenters. The van der Waals surface area contributed by atoms with Crippen LogP contribution in [0.5, 0.6) is 11.5 Å². The lowest BCUT2D eigenvalue weighted by atomic mass is 9.64. The van der Waals surface area contributed by atoms with E-state index in [2.05, 4.69) is 27.1 Å². The van der Waals surface area contributed by atoms with E-state index >= 15 is 0 Å². The molecule has 232 valence electrons. The number of halogens is 1. The number of nitrogen functional groups attached to an aromatic ring is 1. The molecule has 7 N–H and O–H groups in total. The Labute approximate surface area is 249 Å². The molecule has 2 atom stereocenters. The van der Waals surface area contributed by atoms with Crippen molar-refractivity contribution < 1.29 is 33.7 Å². The zero-order valence-electron chi connectivity index (χ0n) is 24.3. The number of nitrogens with one attached hydrogen (secondary N) is 1. The minimum atomic E-state index is -1.54. The van der Waals surface area contributed by atoms with E-state index in [0.717, 1.165) is 38.0 Å². The first-order valence-corrected chi connectivity index (χ1v) is 14.1. The molecule has 2 aromatic rings. The summed E-state index contributed by atoms with van der Waals surface area (Å²) in [6.45, 7) is 6.02.